The van der Waals surface area contributed by atoms with E-state index in [9.17, 15) is 4.79 Å². The summed E-state index contributed by atoms with van der Waals surface area (Å²) in [5.74, 6) is 1.81. The predicted molar refractivity (Wildman–Crippen MR) is 72.9 cm³/mol. The van der Waals surface area contributed by atoms with Crippen LogP contribution in [0.4, 0.5) is 0 Å². The topological polar surface area (TPSA) is 42.2 Å². The Labute approximate surface area is 111 Å². The highest BCUT2D eigenvalue weighted by molar-refractivity contribution is 7.99. The molecule has 0 saturated carbocycles. The molecule has 0 saturated heterocycles. The molecule has 0 radical (unpaired) electrons. The van der Waals surface area contributed by atoms with Gasteiger partial charge in [0.25, 0.3) is 5.91 Å². The summed E-state index contributed by atoms with van der Waals surface area (Å²) in [5.41, 5.74) is 0. The number of carbonyl (C=O) groups is 1. The van der Waals surface area contributed by atoms with E-state index >= 15 is 0 Å². The maximum atomic E-state index is 11.7. The lowest BCUT2D eigenvalue weighted by atomic mass is 10.4. The maximum absolute atomic E-state index is 11.7. The van der Waals surface area contributed by atoms with Gasteiger partial charge in [0.05, 0.1) is 0 Å². The second-order valence-electron chi connectivity index (χ2n) is 3.83. The maximum Gasteiger partial charge on any atom is 0.287 e. The van der Waals surface area contributed by atoms with Crippen molar-refractivity contribution in [3.63, 3.8) is 0 Å². The Balaban J connectivity index is 1.71. The quantitative estimate of drug-likeness (QED) is 0.664. The molecule has 1 aromatic carbocycles. The van der Waals surface area contributed by atoms with Gasteiger partial charge in [-0.1, -0.05) is 18.2 Å². The molecule has 0 aliphatic carbocycles. The molecule has 2 aromatic rings. The summed E-state index contributed by atoms with van der Waals surface area (Å²) in [6.07, 6.45) is 0. The van der Waals surface area contributed by atoms with Crippen molar-refractivity contribution in [3.8, 4) is 0 Å². The average molecular weight is 261 g/mol. The van der Waals surface area contributed by atoms with E-state index in [-0.39, 0.29) is 5.91 Å². The highest BCUT2D eigenvalue weighted by atomic mass is 32.2. The number of nitrogens with one attached hydrogen (secondary N) is 1. The normalized spacial score (nSPS) is 10.3. The number of carbonyl (C=O) groups excluding carboxylic acids is 1. The van der Waals surface area contributed by atoms with Crippen LogP contribution in [0.15, 0.2) is 51.8 Å². The molecule has 0 bridgehead atoms. The third-order valence-electron chi connectivity index (χ3n) is 2.36. The number of furan rings is 1. The molecule has 0 aliphatic rings. The fourth-order valence-corrected chi connectivity index (χ4v) is 2.28. The first-order chi connectivity index (χ1) is 8.75. The lowest BCUT2D eigenvalue weighted by Crippen LogP contribution is -2.25. The number of rotatable bonds is 5. The number of hydrogen-bond donors (Lipinski definition) is 1. The molecule has 3 nitrogen and oxygen atoms in total. The number of thioether (sulfide) groups is 1. The zero-order valence-corrected chi connectivity index (χ0v) is 11.0. The van der Waals surface area contributed by atoms with E-state index in [2.05, 4.69) is 17.4 Å². The Kier molecular flexibility index (Phi) is 4.47. The molecule has 0 atom stereocenters. The third kappa shape index (κ3) is 3.67. The number of amides is 1. The summed E-state index contributed by atoms with van der Waals surface area (Å²) in [7, 11) is 0. The molecule has 0 spiro atoms. The van der Waals surface area contributed by atoms with E-state index < -0.39 is 0 Å². The molecule has 1 aromatic heterocycles. The summed E-state index contributed by atoms with van der Waals surface area (Å²) in [5, 5.41) is 2.83. The van der Waals surface area contributed by atoms with Crippen LogP contribution in [0.25, 0.3) is 0 Å². The van der Waals surface area contributed by atoms with Gasteiger partial charge in [-0.15, -0.1) is 11.8 Å². The van der Waals surface area contributed by atoms with Crippen molar-refractivity contribution in [2.45, 2.75) is 11.8 Å². The predicted octanol–water partition coefficient (Wildman–Crippen LogP) is 3.11. The molecular weight excluding hydrogens is 246 g/mol. The van der Waals surface area contributed by atoms with Crippen molar-refractivity contribution in [1.29, 1.82) is 0 Å². The summed E-state index contributed by atoms with van der Waals surface area (Å²) in [4.78, 5) is 12.9. The van der Waals surface area contributed by atoms with Crippen LogP contribution in [0.5, 0.6) is 0 Å². The largest absolute Gasteiger partial charge is 0.456 e. The van der Waals surface area contributed by atoms with Crippen LogP contribution < -0.4 is 5.32 Å². The van der Waals surface area contributed by atoms with Crippen LogP contribution in [0.1, 0.15) is 16.3 Å². The molecule has 1 N–H and O–H groups in total. The highest BCUT2D eigenvalue weighted by Crippen LogP contribution is 2.15. The Bertz CT molecular complexity index is 508. The first-order valence-electron chi connectivity index (χ1n) is 5.78. The van der Waals surface area contributed by atoms with Crippen LogP contribution in [0, 0.1) is 6.92 Å². The van der Waals surface area contributed by atoms with Gasteiger partial charge in [-0.2, -0.15) is 0 Å². The third-order valence-corrected chi connectivity index (χ3v) is 3.38. The lowest BCUT2D eigenvalue weighted by molar-refractivity contribution is 0.0927. The first kappa shape index (κ1) is 12.8. The molecule has 0 unspecified atom stereocenters. The van der Waals surface area contributed by atoms with Crippen molar-refractivity contribution < 1.29 is 9.21 Å². The Morgan fingerprint density at radius 3 is 2.67 bits per heavy atom. The van der Waals surface area contributed by atoms with Crippen LogP contribution in [0.2, 0.25) is 0 Å². The number of hydrogen-bond acceptors (Lipinski definition) is 3. The number of benzene rings is 1. The Morgan fingerprint density at radius 2 is 2.00 bits per heavy atom. The zero-order valence-electron chi connectivity index (χ0n) is 10.2. The molecule has 4 heteroatoms. The van der Waals surface area contributed by atoms with Crippen LogP contribution >= 0.6 is 11.8 Å². The second-order valence-corrected chi connectivity index (χ2v) is 5.00. The molecule has 1 amide bonds. The zero-order chi connectivity index (χ0) is 12.8. The molecule has 2 rings (SSSR count). The van der Waals surface area contributed by atoms with E-state index in [1.807, 2.05) is 25.1 Å². The smallest absolute Gasteiger partial charge is 0.287 e. The molecule has 0 aliphatic heterocycles. The van der Waals surface area contributed by atoms with E-state index in [1.165, 1.54) is 4.90 Å². The fraction of sp³-hybridized carbons (Fsp3) is 0.214. The van der Waals surface area contributed by atoms with Gasteiger partial charge >= 0.3 is 0 Å². The Morgan fingerprint density at radius 1 is 1.22 bits per heavy atom. The van der Waals surface area contributed by atoms with Crippen LogP contribution in [0.3, 0.4) is 0 Å². The van der Waals surface area contributed by atoms with Crippen LogP contribution in [-0.2, 0) is 0 Å². The van der Waals surface area contributed by atoms with Gasteiger partial charge in [0.15, 0.2) is 5.76 Å². The molecule has 0 fully saturated rings. The van der Waals surface area contributed by atoms with Gasteiger partial charge in [0, 0.05) is 17.2 Å². The molecule has 18 heavy (non-hydrogen) atoms. The van der Waals surface area contributed by atoms with Crippen molar-refractivity contribution in [3.05, 3.63) is 54.0 Å². The molecule has 94 valence electrons. The first-order valence-corrected chi connectivity index (χ1v) is 6.77. The van der Waals surface area contributed by atoms with E-state index in [1.54, 1.807) is 23.9 Å². The summed E-state index contributed by atoms with van der Waals surface area (Å²) >= 11 is 1.72. The van der Waals surface area contributed by atoms with Crippen molar-refractivity contribution in [1.82, 2.24) is 5.32 Å². The Hall–Kier alpha value is -1.68. The molecule has 1 heterocycles. The minimum atomic E-state index is -0.156. The van der Waals surface area contributed by atoms with Crippen molar-refractivity contribution in [2.75, 3.05) is 12.3 Å². The van der Waals surface area contributed by atoms with Gasteiger partial charge in [0.1, 0.15) is 5.76 Å². The summed E-state index contributed by atoms with van der Waals surface area (Å²) < 4.78 is 5.24. The SMILES string of the molecule is Cc1ccc(C(=O)NCCSc2ccccc2)o1. The van der Waals surface area contributed by atoms with Crippen molar-refractivity contribution in [2.24, 2.45) is 0 Å². The standard InChI is InChI=1S/C14H15NO2S/c1-11-7-8-13(17-11)14(16)15-9-10-18-12-5-3-2-4-6-12/h2-8H,9-10H2,1H3,(H,15,16). The fourth-order valence-electron chi connectivity index (χ4n) is 1.49. The van der Waals surface area contributed by atoms with Crippen molar-refractivity contribution >= 4 is 17.7 Å². The monoisotopic (exact) mass is 261 g/mol. The second kappa shape index (κ2) is 6.31. The van der Waals surface area contributed by atoms with Gasteiger partial charge < -0.3 is 9.73 Å². The number of aryl methyl sites for hydroxylation is 1. The van der Waals surface area contributed by atoms with E-state index in [0.29, 0.717) is 12.3 Å². The lowest BCUT2D eigenvalue weighted by Gasteiger charge is -2.03. The van der Waals surface area contributed by atoms with E-state index in [0.717, 1.165) is 11.5 Å². The highest BCUT2D eigenvalue weighted by Gasteiger charge is 2.08. The van der Waals surface area contributed by atoms with Gasteiger partial charge in [-0.3, -0.25) is 4.79 Å². The minimum absolute atomic E-state index is 0.156. The van der Waals surface area contributed by atoms with Gasteiger partial charge in [0.2, 0.25) is 0 Å². The minimum Gasteiger partial charge on any atom is -0.456 e. The molecular formula is C14H15NO2S. The summed E-state index contributed by atoms with van der Waals surface area (Å²) in [6.45, 7) is 2.44. The summed E-state index contributed by atoms with van der Waals surface area (Å²) in [6, 6.07) is 13.6. The van der Waals surface area contributed by atoms with E-state index in [4.69, 9.17) is 4.42 Å². The van der Waals surface area contributed by atoms with Crippen LogP contribution in [-0.4, -0.2) is 18.2 Å². The van der Waals surface area contributed by atoms with Gasteiger partial charge in [-0.05, 0) is 31.2 Å². The van der Waals surface area contributed by atoms with Gasteiger partial charge in [-0.25, -0.2) is 0 Å². The average Bonchev–Trinajstić information content (AvgIpc) is 2.82.